The molecule has 1 aromatic heterocycles. The highest BCUT2D eigenvalue weighted by Crippen LogP contribution is 2.19. The van der Waals surface area contributed by atoms with Gasteiger partial charge in [0.05, 0.1) is 13.3 Å². The van der Waals surface area contributed by atoms with Crippen LogP contribution in [-0.4, -0.2) is 34.7 Å². The lowest BCUT2D eigenvalue weighted by atomic mass is 10.1. The zero-order chi connectivity index (χ0) is 19.8. The van der Waals surface area contributed by atoms with Crippen LogP contribution >= 0.6 is 0 Å². The van der Waals surface area contributed by atoms with Crippen LogP contribution < -0.4 is 20.7 Å². The van der Waals surface area contributed by atoms with Crippen molar-refractivity contribution in [3.05, 3.63) is 60.3 Å². The zero-order valence-electron chi connectivity index (χ0n) is 15.8. The fourth-order valence-corrected chi connectivity index (χ4v) is 2.65. The van der Waals surface area contributed by atoms with E-state index in [1.54, 1.807) is 13.3 Å². The molecule has 0 saturated heterocycles. The van der Waals surface area contributed by atoms with Crippen molar-refractivity contribution in [3.63, 3.8) is 0 Å². The number of hydrogen-bond donors (Lipinski definition) is 3. The fraction of sp³-hybridized carbons (Fsp3) is 0.200. The van der Waals surface area contributed by atoms with Crippen molar-refractivity contribution in [2.45, 2.75) is 13.3 Å². The normalized spacial score (nSPS) is 10.2. The van der Waals surface area contributed by atoms with E-state index in [2.05, 4.69) is 31.1 Å². The SMILES string of the molecule is COc1ccccc1CCNc1nncc(Nc2ccc(NC(C)=O)cc2)n1. The van der Waals surface area contributed by atoms with Crippen LogP contribution in [0.4, 0.5) is 23.1 Å². The van der Waals surface area contributed by atoms with Crippen molar-refractivity contribution >= 4 is 29.0 Å². The third-order valence-corrected chi connectivity index (χ3v) is 3.91. The van der Waals surface area contributed by atoms with E-state index < -0.39 is 0 Å². The number of carbonyl (C=O) groups is 1. The number of anilines is 4. The Kier molecular flexibility index (Phi) is 6.35. The third-order valence-electron chi connectivity index (χ3n) is 3.91. The average Bonchev–Trinajstić information content (AvgIpc) is 2.70. The Balaban J connectivity index is 1.57. The summed E-state index contributed by atoms with van der Waals surface area (Å²) in [6.45, 7) is 2.12. The Labute approximate surface area is 163 Å². The maximum Gasteiger partial charge on any atom is 0.244 e. The number of para-hydroxylation sites is 1. The lowest BCUT2D eigenvalue weighted by Crippen LogP contribution is -2.10. The van der Waals surface area contributed by atoms with Crippen LogP contribution in [0.2, 0.25) is 0 Å². The van der Waals surface area contributed by atoms with Gasteiger partial charge >= 0.3 is 0 Å². The van der Waals surface area contributed by atoms with E-state index in [1.165, 1.54) is 6.92 Å². The van der Waals surface area contributed by atoms with Gasteiger partial charge in [-0.15, -0.1) is 5.10 Å². The van der Waals surface area contributed by atoms with Crippen molar-refractivity contribution in [3.8, 4) is 5.75 Å². The lowest BCUT2D eigenvalue weighted by Gasteiger charge is -2.10. The van der Waals surface area contributed by atoms with E-state index in [-0.39, 0.29) is 5.91 Å². The minimum atomic E-state index is -0.107. The predicted molar refractivity (Wildman–Crippen MR) is 109 cm³/mol. The number of nitrogens with zero attached hydrogens (tertiary/aromatic N) is 3. The Morgan fingerprint density at radius 1 is 1.07 bits per heavy atom. The molecule has 3 N–H and O–H groups in total. The maximum absolute atomic E-state index is 11.1. The molecule has 3 rings (SSSR count). The van der Waals surface area contributed by atoms with Crippen LogP contribution in [-0.2, 0) is 11.2 Å². The van der Waals surface area contributed by atoms with Gasteiger partial charge in [-0.3, -0.25) is 4.79 Å². The molecule has 0 radical (unpaired) electrons. The smallest absolute Gasteiger partial charge is 0.244 e. The van der Waals surface area contributed by atoms with E-state index in [1.807, 2.05) is 48.5 Å². The molecule has 0 bridgehead atoms. The zero-order valence-corrected chi connectivity index (χ0v) is 15.8. The van der Waals surface area contributed by atoms with E-state index in [9.17, 15) is 4.79 Å². The molecule has 8 nitrogen and oxygen atoms in total. The first-order chi connectivity index (χ1) is 13.6. The molecular weight excluding hydrogens is 356 g/mol. The van der Waals surface area contributed by atoms with Gasteiger partial charge in [0, 0.05) is 24.8 Å². The summed E-state index contributed by atoms with van der Waals surface area (Å²) in [4.78, 5) is 15.5. The number of amides is 1. The lowest BCUT2D eigenvalue weighted by molar-refractivity contribution is -0.114. The highest BCUT2D eigenvalue weighted by molar-refractivity contribution is 5.88. The summed E-state index contributed by atoms with van der Waals surface area (Å²) in [5.74, 6) is 1.77. The molecule has 28 heavy (non-hydrogen) atoms. The van der Waals surface area contributed by atoms with Gasteiger partial charge in [-0.2, -0.15) is 10.1 Å². The molecule has 0 aliphatic carbocycles. The van der Waals surface area contributed by atoms with E-state index in [4.69, 9.17) is 4.74 Å². The number of rotatable bonds is 8. The van der Waals surface area contributed by atoms with Crippen LogP contribution in [0.3, 0.4) is 0 Å². The number of ether oxygens (including phenoxy) is 1. The minimum Gasteiger partial charge on any atom is -0.496 e. The summed E-state index contributed by atoms with van der Waals surface area (Å²) in [6, 6.07) is 15.2. The van der Waals surface area contributed by atoms with Gasteiger partial charge in [-0.05, 0) is 42.3 Å². The van der Waals surface area contributed by atoms with Crippen LogP contribution in [0.1, 0.15) is 12.5 Å². The summed E-state index contributed by atoms with van der Waals surface area (Å²) in [5.41, 5.74) is 2.67. The Hall–Kier alpha value is -3.68. The highest BCUT2D eigenvalue weighted by Gasteiger charge is 2.04. The van der Waals surface area contributed by atoms with Gasteiger partial charge in [0.25, 0.3) is 0 Å². The van der Waals surface area contributed by atoms with Gasteiger partial charge in [0.15, 0.2) is 5.82 Å². The minimum absolute atomic E-state index is 0.107. The van der Waals surface area contributed by atoms with Crippen molar-refractivity contribution in [1.82, 2.24) is 15.2 Å². The number of aromatic nitrogens is 3. The molecule has 0 atom stereocenters. The molecule has 0 saturated carbocycles. The maximum atomic E-state index is 11.1. The molecule has 0 unspecified atom stereocenters. The number of carbonyl (C=O) groups excluding carboxylic acids is 1. The van der Waals surface area contributed by atoms with E-state index in [0.717, 1.165) is 29.1 Å². The second-order valence-electron chi connectivity index (χ2n) is 6.04. The van der Waals surface area contributed by atoms with Crippen molar-refractivity contribution < 1.29 is 9.53 Å². The topological polar surface area (TPSA) is 101 Å². The van der Waals surface area contributed by atoms with Crippen LogP contribution in [0.15, 0.2) is 54.7 Å². The van der Waals surface area contributed by atoms with Gasteiger partial charge in [0.2, 0.25) is 11.9 Å². The second kappa shape index (κ2) is 9.31. The molecule has 3 aromatic rings. The molecule has 0 spiro atoms. The molecule has 0 aliphatic rings. The standard InChI is InChI=1S/C20H22N6O2/c1-14(27)23-16-7-9-17(10-8-16)24-19-13-22-26-20(25-19)21-12-11-15-5-3-4-6-18(15)28-2/h3-10,13H,11-12H2,1-2H3,(H,23,27)(H2,21,24,25,26). The summed E-state index contributed by atoms with van der Waals surface area (Å²) >= 11 is 0. The van der Waals surface area contributed by atoms with Gasteiger partial charge in [0.1, 0.15) is 5.75 Å². The third kappa shape index (κ3) is 5.41. The molecule has 144 valence electrons. The monoisotopic (exact) mass is 378 g/mol. The number of methoxy groups -OCH3 is 1. The van der Waals surface area contributed by atoms with Gasteiger partial charge in [-0.1, -0.05) is 18.2 Å². The first-order valence-corrected chi connectivity index (χ1v) is 8.84. The largest absolute Gasteiger partial charge is 0.496 e. The summed E-state index contributed by atoms with van der Waals surface area (Å²) in [7, 11) is 1.66. The second-order valence-corrected chi connectivity index (χ2v) is 6.04. The number of benzene rings is 2. The number of nitrogens with one attached hydrogen (secondary N) is 3. The molecule has 0 fully saturated rings. The van der Waals surface area contributed by atoms with Gasteiger partial charge < -0.3 is 20.7 Å². The molecular formula is C20H22N6O2. The van der Waals surface area contributed by atoms with Crippen molar-refractivity contribution in [1.29, 1.82) is 0 Å². The number of hydrogen-bond acceptors (Lipinski definition) is 7. The van der Waals surface area contributed by atoms with Gasteiger partial charge in [-0.25, -0.2) is 0 Å². The first-order valence-electron chi connectivity index (χ1n) is 8.84. The first kappa shape index (κ1) is 19.1. The fourth-order valence-electron chi connectivity index (χ4n) is 2.65. The highest BCUT2D eigenvalue weighted by atomic mass is 16.5. The van der Waals surface area contributed by atoms with Crippen LogP contribution in [0, 0.1) is 0 Å². The summed E-state index contributed by atoms with van der Waals surface area (Å²) in [5, 5.41) is 17.1. The van der Waals surface area contributed by atoms with Crippen LogP contribution in [0.25, 0.3) is 0 Å². The van der Waals surface area contributed by atoms with E-state index >= 15 is 0 Å². The van der Waals surface area contributed by atoms with Crippen molar-refractivity contribution in [2.75, 3.05) is 29.6 Å². The van der Waals surface area contributed by atoms with Crippen LogP contribution in [0.5, 0.6) is 5.75 Å². The molecule has 1 amide bonds. The molecule has 2 aromatic carbocycles. The Morgan fingerprint density at radius 2 is 1.82 bits per heavy atom. The average molecular weight is 378 g/mol. The van der Waals surface area contributed by atoms with Crippen molar-refractivity contribution in [2.24, 2.45) is 0 Å². The Bertz CT molecular complexity index is 930. The molecule has 8 heteroatoms. The Morgan fingerprint density at radius 3 is 2.57 bits per heavy atom. The quantitative estimate of drug-likeness (QED) is 0.553. The molecule has 0 aliphatic heterocycles. The summed E-state index contributed by atoms with van der Waals surface area (Å²) < 4.78 is 5.36. The predicted octanol–water partition coefficient (Wildman–Crippen LogP) is 3.24. The van der Waals surface area contributed by atoms with E-state index in [0.29, 0.717) is 18.3 Å². The summed E-state index contributed by atoms with van der Waals surface area (Å²) in [6.07, 6.45) is 2.32. The molecule has 1 heterocycles.